The van der Waals surface area contributed by atoms with Crippen LogP contribution in [0.3, 0.4) is 0 Å². The molecule has 50 heavy (non-hydrogen) atoms. The van der Waals surface area contributed by atoms with Crippen LogP contribution in [0.5, 0.6) is 5.75 Å². The summed E-state index contributed by atoms with van der Waals surface area (Å²) in [6.45, 7) is 2.34. The zero-order chi connectivity index (χ0) is 34.3. The monoisotopic (exact) mass is 654 g/mol. The summed E-state index contributed by atoms with van der Waals surface area (Å²) < 4.78 is 24.4. The van der Waals surface area contributed by atoms with Crippen LogP contribution in [0.25, 0.3) is 11.3 Å². The van der Waals surface area contributed by atoms with E-state index in [1.807, 2.05) is 104 Å². The molecule has 1 aromatic heterocycles. The maximum Gasteiger partial charge on any atom is 0.138 e. The molecule has 0 amide bonds. The number of ether oxygens (including phenoxy) is 1. The smallest absolute Gasteiger partial charge is 0.138 e. The molecule has 1 N–H and O–H groups in total. The minimum Gasteiger partial charge on any atom is -0.494 e. The fourth-order valence-corrected chi connectivity index (χ4v) is 6.66. The SMILES string of the molecule is CCOc1ccc(F)c(C(Nc2ccc(C#N)cc2)c2nc(-c3ccccc3)cn2C(c2ccccc2)(c2ccccc2)c2ccccc2)c1. The minimum absolute atomic E-state index is 0.370. The van der Waals surface area contributed by atoms with Gasteiger partial charge in [0.2, 0.25) is 0 Å². The molecule has 0 saturated heterocycles. The van der Waals surface area contributed by atoms with Crippen LogP contribution in [0.15, 0.2) is 170 Å². The van der Waals surface area contributed by atoms with E-state index in [1.165, 1.54) is 6.07 Å². The molecule has 5 nitrogen and oxygen atoms in total. The fraction of sp³-hybridized carbons (Fsp3) is 0.0909. The Morgan fingerprint density at radius 3 is 1.80 bits per heavy atom. The van der Waals surface area contributed by atoms with Gasteiger partial charge in [0.25, 0.3) is 0 Å². The van der Waals surface area contributed by atoms with Crippen molar-refractivity contribution >= 4 is 5.69 Å². The van der Waals surface area contributed by atoms with E-state index in [9.17, 15) is 5.26 Å². The molecule has 1 heterocycles. The van der Waals surface area contributed by atoms with E-state index in [2.05, 4.69) is 58.5 Å². The molecule has 7 rings (SSSR count). The van der Waals surface area contributed by atoms with E-state index in [-0.39, 0.29) is 0 Å². The lowest BCUT2D eigenvalue weighted by molar-refractivity contribution is 0.339. The Labute approximate surface area is 291 Å². The zero-order valence-corrected chi connectivity index (χ0v) is 27.6. The van der Waals surface area contributed by atoms with E-state index in [1.54, 1.807) is 24.3 Å². The number of anilines is 1. The summed E-state index contributed by atoms with van der Waals surface area (Å²) in [4.78, 5) is 5.39. The van der Waals surface area contributed by atoms with Crippen molar-refractivity contribution in [2.45, 2.75) is 18.5 Å². The predicted octanol–water partition coefficient (Wildman–Crippen LogP) is 10.0. The van der Waals surface area contributed by atoms with Gasteiger partial charge >= 0.3 is 0 Å². The van der Waals surface area contributed by atoms with Gasteiger partial charge in [-0.15, -0.1) is 0 Å². The van der Waals surface area contributed by atoms with Crippen molar-refractivity contribution in [3.05, 3.63) is 209 Å². The van der Waals surface area contributed by atoms with Gasteiger partial charge in [-0.05, 0) is 66.1 Å². The van der Waals surface area contributed by atoms with Crippen molar-refractivity contribution in [1.82, 2.24) is 9.55 Å². The van der Waals surface area contributed by atoms with Crippen molar-refractivity contribution < 1.29 is 9.13 Å². The van der Waals surface area contributed by atoms with Gasteiger partial charge in [0.1, 0.15) is 29.0 Å². The Bertz CT molecular complexity index is 2120. The maximum atomic E-state index is 16.3. The summed E-state index contributed by atoms with van der Waals surface area (Å²) in [5.74, 6) is 0.731. The topological polar surface area (TPSA) is 62.9 Å². The van der Waals surface area contributed by atoms with E-state index >= 15 is 4.39 Å². The summed E-state index contributed by atoms with van der Waals surface area (Å²) in [6.07, 6.45) is 2.08. The van der Waals surface area contributed by atoms with Crippen molar-refractivity contribution in [2.75, 3.05) is 11.9 Å². The average Bonchev–Trinajstić information content (AvgIpc) is 3.62. The largest absolute Gasteiger partial charge is 0.494 e. The Morgan fingerprint density at radius 2 is 1.28 bits per heavy atom. The van der Waals surface area contributed by atoms with Crippen molar-refractivity contribution in [3.63, 3.8) is 0 Å². The van der Waals surface area contributed by atoms with Crippen LogP contribution in [0.1, 0.15) is 46.6 Å². The normalized spacial score (nSPS) is 11.8. The molecule has 0 bridgehead atoms. The van der Waals surface area contributed by atoms with E-state index in [4.69, 9.17) is 9.72 Å². The van der Waals surface area contributed by atoms with Crippen LogP contribution in [0.4, 0.5) is 10.1 Å². The molecule has 0 radical (unpaired) electrons. The molecule has 0 aliphatic rings. The molecule has 6 heteroatoms. The molecular formula is C44H35FN4O. The summed E-state index contributed by atoms with van der Waals surface area (Å²) >= 11 is 0. The van der Waals surface area contributed by atoms with Crippen LogP contribution in [0, 0.1) is 17.1 Å². The second kappa shape index (κ2) is 14.3. The van der Waals surface area contributed by atoms with Crippen LogP contribution in [0.2, 0.25) is 0 Å². The maximum absolute atomic E-state index is 16.3. The highest BCUT2D eigenvalue weighted by atomic mass is 19.1. The van der Waals surface area contributed by atoms with Gasteiger partial charge in [0.15, 0.2) is 0 Å². The molecular weight excluding hydrogens is 620 g/mol. The lowest BCUT2D eigenvalue weighted by Gasteiger charge is -2.39. The van der Waals surface area contributed by atoms with E-state index in [0.29, 0.717) is 35.0 Å². The van der Waals surface area contributed by atoms with Gasteiger partial charge < -0.3 is 14.6 Å². The summed E-state index contributed by atoms with van der Waals surface area (Å²) in [6, 6.07) is 54.5. The Morgan fingerprint density at radius 1 is 0.740 bits per heavy atom. The number of benzene rings is 6. The highest BCUT2D eigenvalue weighted by molar-refractivity contribution is 5.62. The molecule has 0 aliphatic heterocycles. The third kappa shape index (κ3) is 6.13. The minimum atomic E-state index is -0.933. The number of nitrogens with one attached hydrogen (secondary N) is 1. The molecule has 1 unspecified atom stereocenters. The van der Waals surface area contributed by atoms with Crippen molar-refractivity contribution in [1.29, 1.82) is 5.26 Å². The lowest BCUT2D eigenvalue weighted by Crippen LogP contribution is -2.39. The first-order chi connectivity index (χ1) is 24.6. The highest BCUT2D eigenvalue weighted by Gasteiger charge is 2.42. The number of rotatable bonds is 11. The molecule has 7 aromatic rings. The summed E-state index contributed by atoms with van der Waals surface area (Å²) in [7, 11) is 0. The van der Waals surface area contributed by atoms with Crippen LogP contribution >= 0.6 is 0 Å². The molecule has 0 aliphatic carbocycles. The van der Waals surface area contributed by atoms with E-state index < -0.39 is 17.4 Å². The first kappa shape index (κ1) is 32.1. The Kier molecular flexibility index (Phi) is 9.22. The number of imidazole rings is 1. The molecule has 244 valence electrons. The van der Waals surface area contributed by atoms with Crippen LogP contribution < -0.4 is 10.1 Å². The zero-order valence-electron chi connectivity index (χ0n) is 27.6. The average molecular weight is 655 g/mol. The van der Waals surface area contributed by atoms with Crippen molar-refractivity contribution in [3.8, 4) is 23.1 Å². The Balaban J connectivity index is 1.60. The number of hydrogen-bond acceptors (Lipinski definition) is 4. The molecule has 1 atom stereocenters. The van der Waals surface area contributed by atoms with Gasteiger partial charge in [-0.3, -0.25) is 0 Å². The van der Waals surface area contributed by atoms with Gasteiger partial charge in [0.05, 0.1) is 23.9 Å². The second-order valence-corrected chi connectivity index (χ2v) is 11.9. The quantitative estimate of drug-likeness (QED) is 0.141. The van der Waals surface area contributed by atoms with E-state index in [0.717, 1.165) is 27.9 Å². The highest BCUT2D eigenvalue weighted by Crippen LogP contribution is 2.45. The second-order valence-electron chi connectivity index (χ2n) is 11.9. The first-order valence-electron chi connectivity index (χ1n) is 16.6. The Hall–Kier alpha value is -6.45. The predicted molar refractivity (Wildman–Crippen MR) is 196 cm³/mol. The van der Waals surface area contributed by atoms with Gasteiger partial charge in [-0.1, -0.05) is 121 Å². The summed E-state index contributed by atoms with van der Waals surface area (Å²) in [5.41, 5.74) is 5.37. The van der Waals surface area contributed by atoms with Gasteiger partial charge in [-0.25, -0.2) is 9.37 Å². The molecule has 0 saturated carbocycles. The summed E-state index contributed by atoms with van der Waals surface area (Å²) in [5, 5.41) is 13.1. The lowest BCUT2D eigenvalue weighted by atomic mass is 9.76. The molecule has 0 fully saturated rings. The first-order valence-corrected chi connectivity index (χ1v) is 16.6. The standard InChI is InChI=1S/C44H35FN4O/c1-2-50-38-27-28-40(45)39(29-38)42(47-37-25-23-32(30-46)24-26-37)43-48-41(33-15-7-3-8-16-33)31-49(43)44(34-17-9-4-10-18-34,35-19-11-5-12-20-35)36-21-13-6-14-22-36/h3-29,31,42,47H,2H2,1H3. The number of nitriles is 1. The molecule has 0 spiro atoms. The third-order valence-corrected chi connectivity index (χ3v) is 8.91. The number of nitrogens with zero attached hydrogens (tertiary/aromatic N) is 3. The number of aromatic nitrogens is 2. The van der Waals surface area contributed by atoms with Gasteiger partial charge in [-0.2, -0.15) is 5.26 Å². The number of halogens is 1. The van der Waals surface area contributed by atoms with Gasteiger partial charge in [0, 0.05) is 23.0 Å². The number of hydrogen-bond donors (Lipinski definition) is 1. The van der Waals surface area contributed by atoms with Crippen LogP contribution in [-0.2, 0) is 5.54 Å². The van der Waals surface area contributed by atoms with Crippen LogP contribution in [-0.4, -0.2) is 16.2 Å². The fourth-order valence-electron chi connectivity index (χ4n) is 6.66. The van der Waals surface area contributed by atoms with Crippen molar-refractivity contribution in [2.24, 2.45) is 0 Å². The third-order valence-electron chi connectivity index (χ3n) is 8.91. The molecule has 6 aromatic carbocycles.